The van der Waals surface area contributed by atoms with Crippen molar-refractivity contribution in [2.75, 3.05) is 0 Å². The van der Waals surface area contributed by atoms with Crippen LogP contribution in [0.3, 0.4) is 0 Å². The number of thiocarbonyl (C=S) groups is 1. The van der Waals surface area contributed by atoms with E-state index in [2.05, 4.69) is 10.6 Å². The van der Waals surface area contributed by atoms with Crippen LogP contribution in [0.15, 0.2) is 0 Å². The highest BCUT2D eigenvalue weighted by Crippen LogP contribution is 2.27. The van der Waals surface area contributed by atoms with Crippen LogP contribution in [0.1, 0.15) is 54.4 Å². The molecule has 0 saturated heterocycles. The number of carbonyl (C=O) groups excluding carboxylic acids is 2. The van der Waals surface area contributed by atoms with Crippen molar-refractivity contribution in [2.45, 2.75) is 66.0 Å². The van der Waals surface area contributed by atoms with Gasteiger partial charge in [0.1, 0.15) is 6.04 Å². The third-order valence-corrected chi connectivity index (χ3v) is 3.74. The molecule has 0 aliphatic rings. The number of hydrogen-bond acceptors (Lipinski definition) is 3. The van der Waals surface area contributed by atoms with Gasteiger partial charge in [0.15, 0.2) is 0 Å². The molecule has 4 N–H and O–H groups in total. The molecular formula is C14H27N3O2S. The van der Waals surface area contributed by atoms with Gasteiger partial charge in [-0.15, -0.1) is 0 Å². The van der Waals surface area contributed by atoms with Crippen LogP contribution in [0, 0.1) is 5.41 Å². The standard InChI is InChI=1S/C14H27N3O2S/c1-7-14(8-2,11(15)20)12(19)16-9(3)10(18)17-13(4,5)6/h9H,7-8H2,1-6H3,(H2,15,20)(H,16,19)(H,17,18). The van der Waals surface area contributed by atoms with Crippen molar-refractivity contribution in [3.63, 3.8) is 0 Å². The molecule has 0 spiro atoms. The summed E-state index contributed by atoms with van der Waals surface area (Å²) in [5, 5.41) is 5.53. The summed E-state index contributed by atoms with van der Waals surface area (Å²) in [7, 11) is 0. The molecule has 0 fully saturated rings. The predicted octanol–water partition coefficient (Wildman–Crippen LogP) is 1.50. The zero-order valence-corrected chi connectivity index (χ0v) is 14.1. The molecule has 0 saturated carbocycles. The highest BCUT2D eigenvalue weighted by Gasteiger charge is 2.39. The molecule has 1 atom stereocenters. The van der Waals surface area contributed by atoms with Crippen molar-refractivity contribution < 1.29 is 9.59 Å². The van der Waals surface area contributed by atoms with Gasteiger partial charge in [-0.25, -0.2) is 0 Å². The van der Waals surface area contributed by atoms with Crippen LogP contribution >= 0.6 is 12.2 Å². The molecule has 116 valence electrons. The molecule has 0 aromatic carbocycles. The Morgan fingerprint density at radius 3 is 1.95 bits per heavy atom. The van der Waals surface area contributed by atoms with Crippen LogP contribution < -0.4 is 16.4 Å². The summed E-state index contributed by atoms with van der Waals surface area (Å²) >= 11 is 5.03. The third-order valence-electron chi connectivity index (χ3n) is 3.35. The number of nitrogens with one attached hydrogen (secondary N) is 2. The average Bonchev–Trinajstić information content (AvgIpc) is 2.28. The third kappa shape index (κ3) is 4.74. The Kier molecular flexibility index (Phi) is 6.61. The molecule has 6 heteroatoms. The fourth-order valence-electron chi connectivity index (χ4n) is 1.91. The highest BCUT2D eigenvalue weighted by atomic mass is 32.1. The maximum absolute atomic E-state index is 12.4. The van der Waals surface area contributed by atoms with E-state index >= 15 is 0 Å². The van der Waals surface area contributed by atoms with Crippen LogP contribution in [0.25, 0.3) is 0 Å². The minimum atomic E-state index is -0.883. The molecule has 20 heavy (non-hydrogen) atoms. The molecule has 5 nitrogen and oxygen atoms in total. The lowest BCUT2D eigenvalue weighted by molar-refractivity contribution is -0.133. The van der Waals surface area contributed by atoms with Crippen molar-refractivity contribution in [3.8, 4) is 0 Å². The first-order chi connectivity index (χ1) is 9.00. The Morgan fingerprint density at radius 1 is 1.20 bits per heavy atom. The Morgan fingerprint density at radius 2 is 1.65 bits per heavy atom. The fraction of sp³-hybridized carbons (Fsp3) is 0.786. The van der Waals surface area contributed by atoms with Gasteiger partial charge in [-0.2, -0.15) is 0 Å². The molecule has 0 aliphatic carbocycles. The summed E-state index contributed by atoms with van der Waals surface area (Å²) in [6.45, 7) is 11.0. The number of carbonyl (C=O) groups is 2. The minimum Gasteiger partial charge on any atom is -0.392 e. The van der Waals surface area contributed by atoms with E-state index in [0.717, 1.165) is 0 Å². The fourth-order valence-corrected chi connectivity index (χ4v) is 2.29. The molecule has 0 heterocycles. The van der Waals surface area contributed by atoms with Gasteiger partial charge >= 0.3 is 0 Å². The van der Waals surface area contributed by atoms with E-state index in [0.29, 0.717) is 12.8 Å². The van der Waals surface area contributed by atoms with Crippen LogP contribution in [-0.4, -0.2) is 28.4 Å². The van der Waals surface area contributed by atoms with E-state index in [1.54, 1.807) is 6.92 Å². The van der Waals surface area contributed by atoms with Crippen LogP contribution in [0.5, 0.6) is 0 Å². The monoisotopic (exact) mass is 301 g/mol. The molecule has 0 aromatic heterocycles. The van der Waals surface area contributed by atoms with Crippen molar-refractivity contribution in [1.82, 2.24) is 10.6 Å². The Hall–Kier alpha value is -1.17. The van der Waals surface area contributed by atoms with E-state index in [9.17, 15) is 9.59 Å². The largest absolute Gasteiger partial charge is 0.392 e. The van der Waals surface area contributed by atoms with E-state index in [1.165, 1.54) is 0 Å². The number of amides is 2. The van der Waals surface area contributed by atoms with Crippen LogP contribution in [0.4, 0.5) is 0 Å². The van der Waals surface area contributed by atoms with Gasteiger partial charge in [0.05, 0.1) is 10.4 Å². The first-order valence-corrected chi connectivity index (χ1v) is 7.34. The second kappa shape index (κ2) is 7.02. The first kappa shape index (κ1) is 18.8. The Balaban J connectivity index is 4.90. The van der Waals surface area contributed by atoms with E-state index in [4.69, 9.17) is 18.0 Å². The number of rotatable bonds is 6. The predicted molar refractivity (Wildman–Crippen MR) is 85.3 cm³/mol. The lowest BCUT2D eigenvalue weighted by atomic mass is 9.81. The van der Waals surface area contributed by atoms with Gasteiger partial charge in [-0.3, -0.25) is 9.59 Å². The molecule has 0 rings (SSSR count). The lowest BCUT2D eigenvalue weighted by Gasteiger charge is -2.31. The van der Waals surface area contributed by atoms with Gasteiger partial charge < -0.3 is 16.4 Å². The normalized spacial score (nSPS) is 13.5. The summed E-state index contributed by atoms with van der Waals surface area (Å²) in [5.41, 5.74) is 4.49. The topological polar surface area (TPSA) is 84.2 Å². The van der Waals surface area contributed by atoms with Gasteiger partial charge in [-0.1, -0.05) is 26.1 Å². The zero-order chi connectivity index (χ0) is 16.1. The molecule has 2 amide bonds. The average molecular weight is 301 g/mol. The summed E-state index contributed by atoms with van der Waals surface area (Å²) in [6.07, 6.45) is 1.02. The van der Waals surface area contributed by atoms with Gasteiger partial charge in [-0.05, 0) is 40.5 Å². The smallest absolute Gasteiger partial charge is 0.242 e. The molecule has 0 aromatic rings. The summed E-state index contributed by atoms with van der Waals surface area (Å²) < 4.78 is 0. The van der Waals surface area contributed by atoms with Crippen LogP contribution in [0.2, 0.25) is 0 Å². The van der Waals surface area contributed by atoms with Gasteiger partial charge in [0, 0.05) is 5.54 Å². The van der Waals surface area contributed by atoms with E-state index in [-0.39, 0.29) is 22.3 Å². The van der Waals surface area contributed by atoms with Crippen molar-refractivity contribution >= 4 is 29.0 Å². The van der Waals surface area contributed by atoms with Crippen LogP contribution in [-0.2, 0) is 9.59 Å². The Bertz CT molecular complexity index is 384. The highest BCUT2D eigenvalue weighted by molar-refractivity contribution is 7.80. The number of hydrogen-bond donors (Lipinski definition) is 3. The zero-order valence-electron chi connectivity index (χ0n) is 13.3. The van der Waals surface area contributed by atoms with Crippen molar-refractivity contribution in [1.29, 1.82) is 0 Å². The maximum Gasteiger partial charge on any atom is 0.242 e. The maximum atomic E-state index is 12.4. The minimum absolute atomic E-state index is 0.170. The summed E-state index contributed by atoms with van der Waals surface area (Å²) in [6, 6.07) is -0.631. The molecule has 0 bridgehead atoms. The van der Waals surface area contributed by atoms with E-state index in [1.807, 2.05) is 34.6 Å². The molecule has 0 radical (unpaired) electrons. The Labute approximate surface area is 127 Å². The van der Waals surface area contributed by atoms with E-state index < -0.39 is 11.5 Å². The molecular weight excluding hydrogens is 274 g/mol. The van der Waals surface area contributed by atoms with Gasteiger partial charge in [0.25, 0.3) is 0 Å². The van der Waals surface area contributed by atoms with Crippen molar-refractivity contribution in [2.24, 2.45) is 11.1 Å². The first-order valence-electron chi connectivity index (χ1n) is 6.93. The number of nitrogens with two attached hydrogens (primary N) is 1. The second-order valence-electron chi connectivity index (χ2n) is 6.09. The van der Waals surface area contributed by atoms with Crippen molar-refractivity contribution in [3.05, 3.63) is 0 Å². The lowest BCUT2D eigenvalue weighted by Crippen LogP contribution is -2.55. The quantitative estimate of drug-likeness (QED) is 0.649. The molecule has 0 aliphatic heterocycles. The molecule has 1 unspecified atom stereocenters. The summed E-state index contributed by atoms with van der Waals surface area (Å²) in [4.78, 5) is 24.5. The van der Waals surface area contributed by atoms with Gasteiger partial charge in [0.2, 0.25) is 11.8 Å². The second-order valence-corrected chi connectivity index (χ2v) is 6.53. The summed E-state index contributed by atoms with van der Waals surface area (Å²) in [5.74, 6) is -0.513. The SMILES string of the molecule is CCC(CC)(C(=O)NC(C)C(=O)NC(C)(C)C)C(N)=S.